The lowest BCUT2D eigenvalue weighted by Crippen LogP contribution is -2.22. The van der Waals surface area contributed by atoms with Gasteiger partial charge in [-0.05, 0) is 31.5 Å². The van der Waals surface area contributed by atoms with Crippen LogP contribution in [-0.2, 0) is 6.54 Å². The lowest BCUT2D eigenvalue weighted by atomic mass is 10.1. The van der Waals surface area contributed by atoms with Crippen molar-refractivity contribution in [1.29, 1.82) is 0 Å². The Morgan fingerprint density at radius 3 is 3.00 bits per heavy atom. The van der Waals surface area contributed by atoms with Crippen LogP contribution in [0.2, 0.25) is 0 Å². The number of aromatic nitrogens is 3. The summed E-state index contributed by atoms with van der Waals surface area (Å²) in [4.78, 5) is 28.9. The predicted molar refractivity (Wildman–Crippen MR) is 93.8 cm³/mol. The SMILES string of the molecule is Cc1noc(-c2ccccc2NC(=O)c2cc3n(c2)CCCNC3=O)n1. The zero-order chi connectivity index (χ0) is 18.1. The van der Waals surface area contributed by atoms with Gasteiger partial charge < -0.3 is 19.7 Å². The van der Waals surface area contributed by atoms with E-state index in [1.54, 1.807) is 31.3 Å². The molecule has 0 saturated heterocycles. The van der Waals surface area contributed by atoms with E-state index in [2.05, 4.69) is 20.8 Å². The van der Waals surface area contributed by atoms with Crippen molar-refractivity contribution >= 4 is 17.5 Å². The molecule has 0 radical (unpaired) electrons. The van der Waals surface area contributed by atoms with Crippen molar-refractivity contribution < 1.29 is 14.1 Å². The number of rotatable bonds is 3. The molecule has 132 valence electrons. The second kappa shape index (κ2) is 6.47. The van der Waals surface area contributed by atoms with Crippen LogP contribution in [0.4, 0.5) is 5.69 Å². The van der Waals surface area contributed by atoms with Crippen LogP contribution in [0.25, 0.3) is 11.5 Å². The minimum absolute atomic E-state index is 0.164. The number of amides is 2. The molecular weight excluding hydrogens is 334 g/mol. The average Bonchev–Trinajstić information content (AvgIpc) is 3.22. The van der Waals surface area contributed by atoms with Gasteiger partial charge in [-0.15, -0.1) is 0 Å². The first-order chi connectivity index (χ1) is 12.6. The highest BCUT2D eigenvalue weighted by atomic mass is 16.5. The summed E-state index contributed by atoms with van der Waals surface area (Å²) in [5.74, 6) is 0.388. The predicted octanol–water partition coefficient (Wildman–Crippen LogP) is 2.23. The van der Waals surface area contributed by atoms with Crippen molar-refractivity contribution in [3.63, 3.8) is 0 Å². The molecule has 0 bridgehead atoms. The molecule has 0 saturated carbocycles. The normalized spacial score (nSPS) is 13.7. The second-order valence-electron chi connectivity index (χ2n) is 6.06. The highest BCUT2D eigenvalue weighted by molar-refractivity contribution is 6.07. The molecular formula is C18H17N5O3. The van der Waals surface area contributed by atoms with Gasteiger partial charge in [0.15, 0.2) is 5.82 Å². The molecule has 0 unspecified atom stereocenters. The average molecular weight is 351 g/mol. The summed E-state index contributed by atoms with van der Waals surface area (Å²) in [7, 11) is 0. The maximum Gasteiger partial charge on any atom is 0.267 e. The largest absolute Gasteiger partial charge is 0.351 e. The monoisotopic (exact) mass is 351 g/mol. The summed E-state index contributed by atoms with van der Waals surface area (Å²) in [5.41, 5.74) is 2.12. The van der Waals surface area contributed by atoms with Gasteiger partial charge in [-0.1, -0.05) is 17.3 Å². The van der Waals surface area contributed by atoms with Gasteiger partial charge in [0.25, 0.3) is 17.7 Å². The van der Waals surface area contributed by atoms with Gasteiger partial charge in [-0.25, -0.2) is 0 Å². The topological polar surface area (TPSA) is 102 Å². The lowest BCUT2D eigenvalue weighted by molar-refractivity contribution is 0.0951. The van der Waals surface area contributed by atoms with Gasteiger partial charge in [-0.2, -0.15) is 4.98 Å². The summed E-state index contributed by atoms with van der Waals surface area (Å²) >= 11 is 0. The number of benzene rings is 1. The molecule has 8 heteroatoms. The molecule has 26 heavy (non-hydrogen) atoms. The molecule has 0 fully saturated rings. The molecule has 0 spiro atoms. The van der Waals surface area contributed by atoms with E-state index < -0.39 is 0 Å². The molecule has 3 aromatic rings. The highest BCUT2D eigenvalue weighted by Crippen LogP contribution is 2.27. The fourth-order valence-corrected chi connectivity index (χ4v) is 2.93. The first kappa shape index (κ1) is 16.1. The van der Waals surface area contributed by atoms with Crippen molar-refractivity contribution in [2.24, 2.45) is 0 Å². The van der Waals surface area contributed by atoms with Crippen LogP contribution >= 0.6 is 0 Å². The number of anilines is 1. The van der Waals surface area contributed by atoms with Gasteiger partial charge in [0.2, 0.25) is 0 Å². The number of aryl methyl sites for hydroxylation is 2. The number of hydrogen-bond donors (Lipinski definition) is 2. The third kappa shape index (κ3) is 2.97. The molecule has 0 atom stereocenters. The lowest BCUT2D eigenvalue weighted by Gasteiger charge is -2.07. The molecule has 2 amide bonds. The number of nitrogens with one attached hydrogen (secondary N) is 2. The van der Waals surface area contributed by atoms with Crippen molar-refractivity contribution in [3.05, 3.63) is 53.6 Å². The molecule has 8 nitrogen and oxygen atoms in total. The van der Waals surface area contributed by atoms with Gasteiger partial charge in [-0.3, -0.25) is 9.59 Å². The van der Waals surface area contributed by atoms with Crippen molar-refractivity contribution in [3.8, 4) is 11.5 Å². The minimum atomic E-state index is -0.304. The van der Waals surface area contributed by atoms with Gasteiger partial charge in [0.1, 0.15) is 5.69 Å². The number of hydrogen-bond acceptors (Lipinski definition) is 5. The zero-order valence-corrected chi connectivity index (χ0v) is 14.2. The Bertz CT molecular complexity index is 988. The van der Waals surface area contributed by atoms with Crippen molar-refractivity contribution in [2.45, 2.75) is 19.9 Å². The van der Waals surface area contributed by atoms with Crippen LogP contribution in [-0.4, -0.2) is 33.1 Å². The molecule has 3 heterocycles. The molecule has 2 aromatic heterocycles. The summed E-state index contributed by atoms with van der Waals surface area (Å²) in [6.07, 6.45) is 2.53. The summed E-state index contributed by atoms with van der Waals surface area (Å²) in [6.45, 7) is 3.06. The van der Waals surface area contributed by atoms with E-state index in [9.17, 15) is 9.59 Å². The number of carbonyl (C=O) groups excluding carboxylic acids is 2. The molecule has 2 N–H and O–H groups in total. The Hall–Kier alpha value is -3.42. The Morgan fingerprint density at radius 1 is 1.35 bits per heavy atom. The van der Waals surface area contributed by atoms with Gasteiger partial charge in [0, 0.05) is 19.3 Å². The van der Waals surface area contributed by atoms with Gasteiger partial charge >= 0.3 is 0 Å². The standard InChI is InChI=1S/C18H17N5O3/c1-11-20-18(26-22-11)13-5-2-3-6-14(13)21-16(24)12-9-15-17(25)19-7-4-8-23(15)10-12/h2-3,5-6,9-10H,4,7-8H2,1H3,(H,19,25)(H,21,24). The fraction of sp³-hybridized carbons (Fsp3) is 0.222. The van der Waals surface area contributed by atoms with Crippen LogP contribution in [0.3, 0.4) is 0 Å². The van der Waals surface area contributed by atoms with Crippen LogP contribution in [0.15, 0.2) is 41.1 Å². The van der Waals surface area contributed by atoms with Crippen LogP contribution < -0.4 is 10.6 Å². The Labute approximate surface area is 149 Å². The van der Waals surface area contributed by atoms with E-state index in [1.165, 1.54) is 0 Å². The van der Waals surface area contributed by atoms with E-state index >= 15 is 0 Å². The molecule has 1 aromatic carbocycles. The van der Waals surface area contributed by atoms with E-state index in [0.29, 0.717) is 47.3 Å². The number of carbonyl (C=O) groups is 2. The smallest absolute Gasteiger partial charge is 0.267 e. The Balaban J connectivity index is 1.62. The van der Waals surface area contributed by atoms with Crippen LogP contribution in [0.1, 0.15) is 33.1 Å². The number of nitrogens with zero attached hydrogens (tertiary/aromatic N) is 3. The van der Waals surface area contributed by atoms with Crippen LogP contribution in [0.5, 0.6) is 0 Å². The first-order valence-corrected chi connectivity index (χ1v) is 8.31. The second-order valence-corrected chi connectivity index (χ2v) is 6.06. The molecule has 1 aliphatic heterocycles. The summed E-state index contributed by atoms with van der Waals surface area (Å²) < 4.78 is 7.01. The Morgan fingerprint density at radius 2 is 2.19 bits per heavy atom. The maximum atomic E-state index is 12.7. The van der Waals surface area contributed by atoms with Crippen LogP contribution in [0, 0.1) is 6.92 Å². The summed E-state index contributed by atoms with van der Waals surface area (Å²) in [5, 5.41) is 9.46. The third-order valence-corrected chi connectivity index (χ3v) is 4.19. The van der Waals surface area contributed by atoms with E-state index in [1.807, 2.05) is 16.7 Å². The molecule has 0 aliphatic carbocycles. The van der Waals surface area contributed by atoms with E-state index in [4.69, 9.17) is 4.52 Å². The number of para-hydroxylation sites is 1. The Kier molecular flexibility index (Phi) is 4.00. The zero-order valence-electron chi connectivity index (χ0n) is 14.2. The van der Waals surface area contributed by atoms with Gasteiger partial charge in [0.05, 0.1) is 16.8 Å². The van der Waals surface area contributed by atoms with E-state index in [-0.39, 0.29) is 11.8 Å². The van der Waals surface area contributed by atoms with Crippen molar-refractivity contribution in [1.82, 2.24) is 20.0 Å². The summed E-state index contributed by atoms with van der Waals surface area (Å²) in [6, 6.07) is 8.81. The third-order valence-electron chi connectivity index (χ3n) is 4.19. The maximum absolute atomic E-state index is 12.7. The van der Waals surface area contributed by atoms with E-state index in [0.717, 1.165) is 6.42 Å². The number of fused-ring (bicyclic) bond motifs is 1. The molecule has 4 rings (SSSR count). The molecule has 1 aliphatic rings. The van der Waals surface area contributed by atoms with Crippen molar-refractivity contribution in [2.75, 3.05) is 11.9 Å². The quantitative estimate of drug-likeness (QED) is 0.753. The minimum Gasteiger partial charge on any atom is -0.351 e. The fourth-order valence-electron chi connectivity index (χ4n) is 2.93. The highest BCUT2D eigenvalue weighted by Gasteiger charge is 2.20. The first-order valence-electron chi connectivity index (χ1n) is 8.31.